The van der Waals surface area contributed by atoms with E-state index >= 15 is 0 Å². The van der Waals surface area contributed by atoms with Crippen LogP contribution in [0.25, 0.3) is 10.8 Å². The van der Waals surface area contributed by atoms with E-state index in [0.29, 0.717) is 5.92 Å². The van der Waals surface area contributed by atoms with Gasteiger partial charge in [-0.15, -0.1) is 0 Å². The highest BCUT2D eigenvalue weighted by Gasteiger charge is 2.78. The van der Waals surface area contributed by atoms with Crippen LogP contribution in [0.4, 0.5) is 0 Å². The maximum absolute atomic E-state index is 7.21. The molecule has 0 N–H and O–H groups in total. The zero-order valence-corrected chi connectivity index (χ0v) is 24.6. The Morgan fingerprint density at radius 2 is 1.65 bits per heavy atom. The second-order valence-corrected chi connectivity index (χ2v) is 12.4. The molecule has 198 valence electrons. The molecule has 0 unspecified atom stereocenters. The molecule has 3 fully saturated rings. The van der Waals surface area contributed by atoms with Gasteiger partial charge >= 0.3 is 0 Å². The van der Waals surface area contributed by atoms with E-state index in [1.807, 2.05) is 0 Å². The van der Waals surface area contributed by atoms with Gasteiger partial charge in [-0.1, -0.05) is 99.8 Å². The van der Waals surface area contributed by atoms with Crippen molar-refractivity contribution >= 4 is 10.8 Å². The van der Waals surface area contributed by atoms with Crippen LogP contribution in [-0.2, 0) is 16.9 Å². The molecule has 2 heterocycles. The van der Waals surface area contributed by atoms with E-state index in [0.717, 1.165) is 31.5 Å². The van der Waals surface area contributed by atoms with Crippen molar-refractivity contribution in [3.05, 3.63) is 83.9 Å². The first kappa shape index (κ1) is 26.9. The Kier molecular flexibility index (Phi) is 7.62. The molecule has 0 spiro atoms. The fraction of sp³-hybridized carbons (Fsp3) is 0.529. The number of fused-ring (bicyclic) bond motifs is 1. The van der Waals surface area contributed by atoms with E-state index in [9.17, 15) is 0 Å². The van der Waals surface area contributed by atoms with E-state index in [1.165, 1.54) is 71.5 Å². The van der Waals surface area contributed by atoms with Crippen molar-refractivity contribution in [2.24, 2.45) is 17.8 Å². The van der Waals surface area contributed by atoms with Crippen LogP contribution < -0.4 is 17.0 Å². The number of nitrogens with zero attached hydrogens (tertiary/aromatic N) is 1. The number of halogens is 1. The lowest BCUT2D eigenvalue weighted by atomic mass is 9.73. The van der Waals surface area contributed by atoms with Gasteiger partial charge in [-0.05, 0) is 48.6 Å². The van der Waals surface area contributed by atoms with Crippen LogP contribution in [0.5, 0.6) is 0 Å². The lowest BCUT2D eigenvalue weighted by Gasteiger charge is -2.43. The van der Waals surface area contributed by atoms with Gasteiger partial charge in [0, 0.05) is 24.0 Å². The van der Waals surface area contributed by atoms with Crippen molar-refractivity contribution in [1.82, 2.24) is 0 Å². The molecular weight excluding hydrogens is 518 g/mol. The first-order valence-corrected chi connectivity index (χ1v) is 14.6. The summed E-state index contributed by atoms with van der Waals surface area (Å²) in [5.74, 6) is 2.14. The number of unbranched alkanes of at least 4 members (excludes halogenated alkanes) is 3. The molecule has 3 aromatic carbocycles. The third kappa shape index (κ3) is 4.21. The summed E-state index contributed by atoms with van der Waals surface area (Å²) in [6.07, 6.45) is 7.69. The number of benzene rings is 3. The number of ether oxygens (including phenoxy) is 1. The molecule has 1 aliphatic carbocycles. The molecule has 3 heteroatoms. The predicted molar refractivity (Wildman–Crippen MR) is 150 cm³/mol. The molecule has 1 saturated carbocycles. The molecule has 2 nitrogen and oxygen atoms in total. The first-order valence-electron chi connectivity index (χ1n) is 14.6. The summed E-state index contributed by atoms with van der Waals surface area (Å²) in [7, 11) is 0. The van der Waals surface area contributed by atoms with Gasteiger partial charge in [0.2, 0.25) is 0 Å². The van der Waals surface area contributed by atoms with Crippen LogP contribution in [0, 0.1) is 17.8 Å². The van der Waals surface area contributed by atoms with Crippen LogP contribution in [0.1, 0.15) is 70.4 Å². The molecule has 3 aromatic rings. The average molecular weight is 563 g/mol. The smallest absolute Gasteiger partial charge is 0.150 e. The van der Waals surface area contributed by atoms with Crippen molar-refractivity contribution in [3.63, 3.8) is 0 Å². The third-order valence-electron chi connectivity index (χ3n) is 10.6. The second-order valence-electron chi connectivity index (χ2n) is 12.4. The number of rotatable bonds is 9. The third-order valence-corrected chi connectivity index (χ3v) is 10.6. The van der Waals surface area contributed by atoms with Gasteiger partial charge in [0.1, 0.15) is 18.6 Å². The molecule has 2 saturated heterocycles. The second kappa shape index (κ2) is 10.5. The predicted octanol–water partition coefficient (Wildman–Crippen LogP) is 5.10. The van der Waals surface area contributed by atoms with E-state index < -0.39 is 0 Å². The SMILES string of the molecule is CCCCCCO[C@]1(c2ccccc2)C[N@+]2(Cc3ccc4ccccc4c3)C[C@@H](C)[C@@H]3CC[C@H]1[C@@]32C.[Br-]. The summed E-state index contributed by atoms with van der Waals surface area (Å²) < 4.78 is 8.39. The topological polar surface area (TPSA) is 9.23 Å². The number of quaternary nitrogens is 1. The monoisotopic (exact) mass is 561 g/mol. The van der Waals surface area contributed by atoms with Crippen LogP contribution >= 0.6 is 0 Å². The summed E-state index contributed by atoms with van der Waals surface area (Å²) >= 11 is 0. The average Bonchev–Trinajstić information content (AvgIpc) is 3.44. The number of hydrogen-bond acceptors (Lipinski definition) is 1. The van der Waals surface area contributed by atoms with Crippen molar-refractivity contribution in [2.45, 2.75) is 77.0 Å². The van der Waals surface area contributed by atoms with Gasteiger partial charge in [-0.25, -0.2) is 0 Å². The largest absolute Gasteiger partial charge is 1.00 e. The molecule has 0 bridgehead atoms. The van der Waals surface area contributed by atoms with Crippen molar-refractivity contribution in [3.8, 4) is 0 Å². The van der Waals surface area contributed by atoms with Crippen LogP contribution in [-0.4, -0.2) is 29.7 Å². The molecule has 37 heavy (non-hydrogen) atoms. The highest BCUT2D eigenvalue weighted by Crippen LogP contribution is 2.68. The van der Waals surface area contributed by atoms with Crippen LogP contribution in [0.15, 0.2) is 72.8 Å². The molecule has 0 aromatic heterocycles. The molecule has 2 aliphatic heterocycles. The Balaban J connectivity index is 0.00000280. The van der Waals surface area contributed by atoms with Gasteiger partial charge in [0.25, 0.3) is 0 Å². The van der Waals surface area contributed by atoms with Crippen molar-refractivity contribution < 1.29 is 26.2 Å². The van der Waals surface area contributed by atoms with Crippen LogP contribution in [0.3, 0.4) is 0 Å². The summed E-state index contributed by atoms with van der Waals surface area (Å²) in [6, 6.07) is 27.4. The van der Waals surface area contributed by atoms with Gasteiger partial charge in [0.05, 0.1) is 12.5 Å². The van der Waals surface area contributed by atoms with Gasteiger partial charge in [-0.3, -0.25) is 0 Å². The minimum atomic E-state index is -0.173. The highest BCUT2D eigenvalue weighted by molar-refractivity contribution is 5.82. The summed E-state index contributed by atoms with van der Waals surface area (Å²) in [6.45, 7) is 11.9. The fourth-order valence-corrected chi connectivity index (χ4v) is 9.11. The Labute approximate surface area is 234 Å². The van der Waals surface area contributed by atoms with Crippen molar-refractivity contribution in [2.75, 3.05) is 19.7 Å². The van der Waals surface area contributed by atoms with E-state index in [4.69, 9.17) is 4.74 Å². The molecular formula is C34H44BrNO. The van der Waals surface area contributed by atoms with E-state index in [-0.39, 0.29) is 28.1 Å². The minimum absolute atomic E-state index is 0. The Morgan fingerprint density at radius 3 is 2.43 bits per heavy atom. The lowest BCUT2D eigenvalue weighted by molar-refractivity contribution is -0.968. The molecule has 0 radical (unpaired) electrons. The van der Waals surface area contributed by atoms with Gasteiger partial charge in [0.15, 0.2) is 5.60 Å². The Bertz CT molecular complexity index is 1210. The van der Waals surface area contributed by atoms with Crippen molar-refractivity contribution in [1.29, 1.82) is 0 Å². The highest BCUT2D eigenvalue weighted by atomic mass is 79.9. The Morgan fingerprint density at radius 1 is 0.892 bits per heavy atom. The fourth-order valence-electron chi connectivity index (χ4n) is 9.11. The minimum Gasteiger partial charge on any atom is -1.00 e. The van der Waals surface area contributed by atoms with Crippen LogP contribution in [0.2, 0.25) is 0 Å². The first-order chi connectivity index (χ1) is 17.5. The van der Waals surface area contributed by atoms with Gasteiger partial charge in [-0.2, -0.15) is 0 Å². The molecule has 6 rings (SSSR count). The lowest BCUT2D eigenvalue weighted by Crippen LogP contribution is -3.00. The summed E-state index contributed by atoms with van der Waals surface area (Å²) in [5.41, 5.74) is 3.00. The molecule has 6 atom stereocenters. The maximum atomic E-state index is 7.21. The molecule has 0 amide bonds. The number of hydrogen-bond donors (Lipinski definition) is 0. The van der Waals surface area contributed by atoms with E-state index in [1.54, 1.807) is 0 Å². The normalized spacial score (nSPS) is 34.0. The summed E-state index contributed by atoms with van der Waals surface area (Å²) in [4.78, 5) is 0. The Hall–Kier alpha value is -1.68. The summed E-state index contributed by atoms with van der Waals surface area (Å²) in [5, 5.41) is 2.71. The van der Waals surface area contributed by atoms with E-state index in [2.05, 4.69) is 93.6 Å². The van der Waals surface area contributed by atoms with Gasteiger partial charge < -0.3 is 26.2 Å². The maximum Gasteiger partial charge on any atom is 0.150 e. The quantitative estimate of drug-likeness (QED) is 0.261. The molecule has 3 aliphatic rings. The zero-order valence-electron chi connectivity index (χ0n) is 23.0. The zero-order chi connectivity index (χ0) is 24.8. The standard InChI is InChI=1S/C34H44NO.BrH/c1-4-5-6-12-21-36-34(30-15-8-7-9-16-30)25-35(23-26(2)31-19-20-32(34)33(31,35)3)24-27-17-18-28-13-10-11-14-29(28)22-27;/h7-11,13-18,22,26,31-32H,4-6,12,19-21,23-25H2,1-3H3;1H/q+1;/p-1/t26-,31+,32+,33-,34+,35-;/m1./s1.